The molecule has 0 atom stereocenters. The van der Waals surface area contributed by atoms with Crippen LogP contribution >= 0.6 is 11.3 Å². The van der Waals surface area contributed by atoms with Crippen molar-refractivity contribution in [2.45, 2.75) is 0 Å². The second-order valence-electron chi connectivity index (χ2n) is 16.9. The van der Waals surface area contributed by atoms with E-state index < -0.39 is 0 Å². The summed E-state index contributed by atoms with van der Waals surface area (Å²) < 4.78 is 2.58. The van der Waals surface area contributed by atoms with E-state index in [-0.39, 0.29) is 0 Å². The Labute approximate surface area is 380 Å². The Kier molecular flexibility index (Phi) is 8.75. The third kappa shape index (κ3) is 6.39. The highest BCUT2D eigenvalue weighted by Gasteiger charge is 2.17. The standard InChI is InChI=1S/C62H38N2S/c1-2-13-44(14-3-1)62-63-57(38-58(64-62)46-31-35-60-56(37-46)52-20-10-11-21-59(52)65-60)43-28-24-40(25-29-43)39-22-26-42(27-23-39)48-33-34-53(51-19-9-8-18-50(48)51)61-49-17-7-5-15-45(49)36-55-47-16-6-4-12-41(47)30-32-54(55)61/h1-38H. The van der Waals surface area contributed by atoms with E-state index in [2.05, 4.69) is 212 Å². The average Bonchev–Trinajstić information content (AvgIpc) is 3.76. The second kappa shape index (κ2) is 15.2. The van der Waals surface area contributed by atoms with Gasteiger partial charge in [0.15, 0.2) is 5.82 Å². The van der Waals surface area contributed by atoms with Crippen LogP contribution in [0.15, 0.2) is 231 Å². The quantitative estimate of drug-likeness (QED) is 0.123. The molecule has 2 aromatic heterocycles. The van der Waals surface area contributed by atoms with Gasteiger partial charge in [-0.2, -0.15) is 0 Å². The normalized spacial score (nSPS) is 11.7. The predicted octanol–water partition coefficient (Wildman–Crippen LogP) is 17.5. The van der Waals surface area contributed by atoms with Crippen molar-refractivity contribution in [3.8, 4) is 67.3 Å². The minimum absolute atomic E-state index is 0.715. The summed E-state index contributed by atoms with van der Waals surface area (Å²) in [6.07, 6.45) is 0. The number of aromatic nitrogens is 2. The number of hydrogen-bond acceptors (Lipinski definition) is 3. The lowest BCUT2D eigenvalue weighted by atomic mass is 9.86. The van der Waals surface area contributed by atoms with Crippen LogP contribution in [-0.4, -0.2) is 9.97 Å². The van der Waals surface area contributed by atoms with E-state index in [0.717, 1.165) is 33.6 Å². The highest BCUT2D eigenvalue weighted by molar-refractivity contribution is 7.25. The van der Waals surface area contributed by atoms with Crippen LogP contribution in [0.3, 0.4) is 0 Å². The highest BCUT2D eigenvalue weighted by Crippen LogP contribution is 2.44. The van der Waals surface area contributed by atoms with Crippen LogP contribution in [0.4, 0.5) is 0 Å². The van der Waals surface area contributed by atoms with Crippen molar-refractivity contribution in [1.82, 2.24) is 9.97 Å². The number of nitrogens with zero attached hydrogens (tertiary/aromatic N) is 2. The Bertz CT molecular complexity index is 3980. The van der Waals surface area contributed by atoms with Gasteiger partial charge in [0.2, 0.25) is 0 Å². The van der Waals surface area contributed by atoms with Crippen molar-refractivity contribution in [3.05, 3.63) is 231 Å². The minimum Gasteiger partial charge on any atom is -0.228 e. The first kappa shape index (κ1) is 37.3. The van der Waals surface area contributed by atoms with E-state index >= 15 is 0 Å². The van der Waals surface area contributed by atoms with Crippen LogP contribution < -0.4 is 0 Å². The van der Waals surface area contributed by atoms with E-state index in [9.17, 15) is 0 Å². The van der Waals surface area contributed by atoms with Crippen molar-refractivity contribution >= 4 is 74.6 Å². The minimum atomic E-state index is 0.715. The van der Waals surface area contributed by atoms with Gasteiger partial charge >= 0.3 is 0 Å². The molecule has 0 spiro atoms. The molecule has 0 aliphatic heterocycles. The van der Waals surface area contributed by atoms with E-state index in [0.29, 0.717) is 5.82 Å². The molecule has 0 radical (unpaired) electrons. The Hall–Kier alpha value is -8.24. The Morgan fingerprint density at radius 2 is 0.815 bits per heavy atom. The number of thiophene rings is 1. The Morgan fingerprint density at radius 3 is 1.58 bits per heavy atom. The molecule has 0 aliphatic carbocycles. The van der Waals surface area contributed by atoms with Crippen LogP contribution in [0.1, 0.15) is 0 Å². The molecule has 0 aliphatic rings. The largest absolute Gasteiger partial charge is 0.228 e. The maximum Gasteiger partial charge on any atom is 0.160 e. The molecule has 0 unspecified atom stereocenters. The van der Waals surface area contributed by atoms with Crippen molar-refractivity contribution in [1.29, 1.82) is 0 Å². The lowest BCUT2D eigenvalue weighted by Gasteiger charge is -2.17. The van der Waals surface area contributed by atoms with E-state index in [4.69, 9.17) is 9.97 Å². The van der Waals surface area contributed by atoms with Crippen LogP contribution in [-0.2, 0) is 0 Å². The molecule has 11 aromatic carbocycles. The summed E-state index contributed by atoms with van der Waals surface area (Å²) in [5.74, 6) is 0.715. The molecule has 0 saturated heterocycles. The molecule has 3 heteroatoms. The summed E-state index contributed by atoms with van der Waals surface area (Å²) in [4.78, 5) is 10.3. The van der Waals surface area contributed by atoms with Gasteiger partial charge in [-0.15, -0.1) is 11.3 Å². The molecule has 2 nitrogen and oxygen atoms in total. The summed E-state index contributed by atoms with van der Waals surface area (Å²) in [5, 5.41) is 12.7. The van der Waals surface area contributed by atoms with Crippen molar-refractivity contribution in [2.24, 2.45) is 0 Å². The summed E-state index contributed by atoms with van der Waals surface area (Å²) in [6, 6.07) is 83.6. The monoisotopic (exact) mass is 842 g/mol. The number of benzene rings is 11. The summed E-state index contributed by atoms with van der Waals surface area (Å²) in [6.45, 7) is 0. The van der Waals surface area contributed by atoms with Gasteiger partial charge in [-0.3, -0.25) is 0 Å². The van der Waals surface area contributed by atoms with Gasteiger partial charge in [0, 0.05) is 36.9 Å². The zero-order valence-electron chi connectivity index (χ0n) is 35.2. The SMILES string of the molecule is c1ccc(-c2nc(-c3ccc(-c4ccc(-c5ccc(-c6c7ccccc7cc7c6ccc6ccccc67)c6ccccc56)cc4)cc3)cc(-c3ccc4sc5ccccc5c4c3)n2)cc1. The average molecular weight is 843 g/mol. The maximum atomic E-state index is 5.13. The maximum absolute atomic E-state index is 5.13. The first-order valence-electron chi connectivity index (χ1n) is 22.1. The van der Waals surface area contributed by atoms with Gasteiger partial charge in [0.1, 0.15) is 0 Å². The summed E-state index contributed by atoms with van der Waals surface area (Å²) >= 11 is 1.83. The molecule has 0 saturated carbocycles. The molecule has 302 valence electrons. The fourth-order valence-corrected chi connectivity index (χ4v) is 11.0. The van der Waals surface area contributed by atoms with E-state index in [1.807, 2.05) is 29.5 Å². The third-order valence-electron chi connectivity index (χ3n) is 13.1. The first-order chi connectivity index (χ1) is 32.2. The van der Waals surface area contributed by atoms with Gasteiger partial charge < -0.3 is 0 Å². The number of fused-ring (bicyclic) bond motifs is 8. The number of hydrogen-bond donors (Lipinski definition) is 0. The lowest BCUT2D eigenvalue weighted by molar-refractivity contribution is 1.18. The van der Waals surface area contributed by atoms with Gasteiger partial charge in [0.05, 0.1) is 11.4 Å². The van der Waals surface area contributed by atoms with Crippen LogP contribution in [0.25, 0.3) is 131 Å². The molecule has 13 rings (SSSR count). The molecule has 0 amide bonds. The molecule has 0 N–H and O–H groups in total. The summed E-state index contributed by atoms with van der Waals surface area (Å²) in [5.41, 5.74) is 12.2. The molecular formula is C62H38N2S. The molecule has 0 fully saturated rings. The van der Waals surface area contributed by atoms with Gasteiger partial charge in [-0.25, -0.2) is 9.97 Å². The van der Waals surface area contributed by atoms with Crippen molar-refractivity contribution in [3.63, 3.8) is 0 Å². The van der Waals surface area contributed by atoms with Gasteiger partial charge in [-0.05, 0) is 107 Å². The molecule has 13 aromatic rings. The first-order valence-corrected chi connectivity index (χ1v) is 22.9. The van der Waals surface area contributed by atoms with Crippen LogP contribution in [0.5, 0.6) is 0 Å². The Morgan fingerprint density at radius 1 is 0.262 bits per heavy atom. The fraction of sp³-hybridized carbons (Fsp3) is 0. The fourth-order valence-electron chi connectivity index (χ4n) is 9.90. The van der Waals surface area contributed by atoms with Crippen LogP contribution in [0, 0.1) is 0 Å². The molecule has 65 heavy (non-hydrogen) atoms. The van der Waals surface area contributed by atoms with E-state index in [1.54, 1.807) is 0 Å². The van der Waals surface area contributed by atoms with E-state index in [1.165, 1.54) is 91.1 Å². The van der Waals surface area contributed by atoms with Crippen LogP contribution in [0.2, 0.25) is 0 Å². The highest BCUT2D eigenvalue weighted by atomic mass is 32.1. The molecular weight excluding hydrogens is 805 g/mol. The number of rotatable bonds is 6. The zero-order chi connectivity index (χ0) is 42.8. The van der Waals surface area contributed by atoms with Crippen molar-refractivity contribution < 1.29 is 0 Å². The van der Waals surface area contributed by atoms with Crippen molar-refractivity contribution in [2.75, 3.05) is 0 Å². The Balaban J connectivity index is 0.854. The summed E-state index contributed by atoms with van der Waals surface area (Å²) in [7, 11) is 0. The second-order valence-corrected chi connectivity index (χ2v) is 17.9. The van der Waals surface area contributed by atoms with Gasteiger partial charge in [0.25, 0.3) is 0 Å². The topological polar surface area (TPSA) is 25.8 Å². The molecule has 0 bridgehead atoms. The third-order valence-corrected chi connectivity index (χ3v) is 14.3. The molecule has 2 heterocycles. The lowest BCUT2D eigenvalue weighted by Crippen LogP contribution is -1.96. The predicted molar refractivity (Wildman–Crippen MR) is 278 cm³/mol. The van der Waals surface area contributed by atoms with Gasteiger partial charge in [-0.1, -0.05) is 200 Å². The zero-order valence-corrected chi connectivity index (χ0v) is 36.1. The smallest absolute Gasteiger partial charge is 0.160 e.